The minimum Gasteiger partial charge on any atom is -0.497 e. The first-order chi connectivity index (χ1) is 10.2. The summed E-state index contributed by atoms with van der Waals surface area (Å²) in [6, 6.07) is 13.4. The van der Waals surface area contributed by atoms with Crippen molar-refractivity contribution in [2.24, 2.45) is 0 Å². The van der Waals surface area contributed by atoms with Gasteiger partial charge in [-0.2, -0.15) is 0 Å². The van der Waals surface area contributed by atoms with E-state index in [0.717, 1.165) is 25.1 Å². The fourth-order valence-corrected chi connectivity index (χ4v) is 3.30. The van der Waals surface area contributed by atoms with Crippen LogP contribution in [0.1, 0.15) is 33.9 Å². The molecule has 0 spiro atoms. The molecule has 0 bridgehead atoms. The molecule has 0 radical (unpaired) electrons. The van der Waals surface area contributed by atoms with Crippen LogP contribution in [0.4, 0.5) is 0 Å². The number of methoxy groups -OCH3 is 1. The van der Waals surface area contributed by atoms with E-state index < -0.39 is 0 Å². The van der Waals surface area contributed by atoms with Crippen molar-refractivity contribution >= 4 is 0 Å². The Morgan fingerprint density at radius 1 is 1.14 bits per heavy atom. The third-order valence-electron chi connectivity index (χ3n) is 4.57. The molecule has 1 N–H and O–H groups in total. The molecular formula is C19H23NO. The van der Waals surface area contributed by atoms with Crippen molar-refractivity contribution in [2.75, 3.05) is 13.7 Å². The number of ether oxygens (including phenoxy) is 1. The molecule has 1 heterocycles. The van der Waals surface area contributed by atoms with Gasteiger partial charge in [0.1, 0.15) is 5.75 Å². The lowest BCUT2D eigenvalue weighted by Crippen LogP contribution is -2.31. The second-order valence-corrected chi connectivity index (χ2v) is 5.90. The summed E-state index contributed by atoms with van der Waals surface area (Å²) in [5.74, 6) is 0.948. The van der Waals surface area contributed by atoms with Crippen LogP contribution in [-0.2, 0) is 12.8 Å². The number of hydrogen-bond acceptors (Lipinski definition) is 2. The number of nitrogens with one attached hydrogen (secondary N) is 1. The maximum atomic E-state index is 5.40. The standard InChI is InChI=1S/C19H23NO/c1-13-5-4-6-14(2)17(13)12-19-18-11-16(21-3)8-7-15(18)9-10-20-19/h4-8,11,19-20H,9-10,12H2,1-3H3. The lowest BCUT2D eigenvalue weighted by molar-refractivity contribution is 0.411. The normalized spacial score (nSPS) is 17.4. The van der Waals surface area contributed by atoms with Gasteiger partial charge in [-0.25, -0.2) is 0 Å². The van der Waals surface area contributed by atoms with Crippen molar-refractivity contribution in [1.29, 1.82) is 0 Å². The van der Waals surface area contributed by atoms with Crippen molar-refractivity contribution in [1.82, 2.24) is 5.32 Å². The van der Waals surface area contributed by atoms with Gasteiger partial charge in [0.15, 0.2) is 0 Å². The zero-order valence-corrected chi connectivity index (χ0v) is 13.1. The molecule has 2 nitrogen and oxygen atoms in total. The third kappa shape index (κ3) is 2.81. The van der Waals surface area contributed by atoms with Crippen LogP contribution in [0.5, 0.6) is 5.75 Å². The molecule has 1 aliphatic rings. The molecule has 1 unspecified atom stereocenters. The summed E-state index contributed by atoms with van der Waals surface area (Å²) < 4.78 is 5.40. The van der Waals surface area contributed by atoms with E-state index in [9.17, 15) is 0 Å². The zero-order chi connectivity index (χ0) is 14.8. The SMILES string of the molecule is COc1ccc2c(c1)C(Cc1c(C)cccc1C)NCC2. The van der Waals surface area contributed by atoms with Crippen LogP contribution in [0.25, 0.3) is 0 Å². The van der Waals surface area contributed by atoms with E-state index in [4.69, 9.17) is 4.74 Å². The molecular weight excluding hydrogens is 258 g/mol. The van der Waals surface area contributed by atoms with Crippen molar-refractivity contribution in [3.8, 4) is 5.75 Å². The van der Waals surface area contributed by atoms with Crippen molar-refractivity contribution < 1.29 is 4.74 Å². The fourth-order valence-electron chi connectivity index (χ4n) is 3.30. The minimum absolute atomic E-state index is 0.378. The molecule has 0 saturated heterocycles. The molecule has 110 valence electrons. The van der Waals surface area contributed by atoms with E-state index >= 15 is 0 Å². The van der Waals surface area contributed by atoms with Crippen LogP contribution in [0, 0.1) is 13.8 Å². The molecule has 2 aromatic carbocycles. The van der Waals surface area contributed by atoms with Crippen LogP contribution in [0.2, 0.25) is 0 Å². The summed E-state index contributed by atoms with van der Waals surface area (Å²) in [5, 5.41) is 3.67. The Morgan fingerprint density at radius 3 is 2.62 bits per heavy atom. The van der Waals surface area contributed by atoms with E-state index in [-0.39, 0.29) is 0 Å². The molecule has 0 aromatic heterocycles. The highest BCUT2D eigenvalue weighted by Gasteiger charge is 2.21. The first-order valence-electron chi connectivity index (χ1n) is 7.64. The summed E-state index contributed by atoms with van der Waals surface area (Å²) in [5.41, 5.74) is 7.07. The van der Waals surface area contributed by atoms with Gasteiger partial charge in [-0.3, -0.25) is 0 Å². The van der Waals surface area contributed by atoms with Crippen LogP contribution in [-0.4, -0.2) is 13.7 Å². The molecule has 2 aromatic rings. The molecule has 2 heteroatoms. The van der Waals surface area contributed by atoms with Gasteiger partial charge in [0.25, 0.3) is 0 Å². The molecule has 0 amide bonds. The number of hydrogen-bond donors (Lipinski definition) is 1. The quantitative estimate of drug-likeness (QED) is 0.925. The highest BCUT2D eigenvalue weighted by Crippen LogP contribution is 2.30. The van der Waals surface area contributed by atoms with Gasteiger partial charge >= 0.3 is 0 Å². The van der Waals surface area contributed by atoms with E-state index in [2.05, 4.69) is 55.6 Å². The molecule has 1 aliphatic heterocycles. The molecule has 1 atom stereocenters. The van der Waals surface area contributed by atoms with Gasteiger partial charge in [-0.05, 0) is 73.2 Å². The second kappa shape index (κ2) is 5.90. The lowest BCUT2D eigenvalue weighted by Gasteiger charge is -2.28. The third-order valence-corrected chi connectivity index (χ3v) is 4.57. The van der Waals surface area contributed by atoms with E-state index in [0.29, 0.717) is 6.04 Å². The monoisotopic (exact) mass is 281 g/mol. The Kier molecular flexibility index (Phi) is 3.98. The van der Waals surface area contributed by atoms with Gasteiger partial charge in [0.05, 0.1) is 7.11 Å². The van der Waals surface area contributed by atoms with Crippen LogP contribution >= 0.6 is 0 Å². The first-order valence-corrected chi connectivity index (χ1v) is 7.64. The average Bonchev–Trinajstić information content (AvgIpc) is 2.50. The Morgan fingerprint density at radius 2 is 1.90 bits per heavy atom. The number of rotatable bonds is 3. The van der Waals surface area contributed by atoms with Gasteiger partial charge in [0, 0.05) is 6.04 Å². The molecule has 0 aliphatic carbocycles. The topological polar surface area (TPSA) is 21.3 Å². The van der Waals surface area contributed by atoms with Crippen molar-refractivity contribution in [3.05, 3.63) is 64.2 Å². The minimum atomic E-state index is 0.378. The predicted molar refractivity (Wildman–Crippen MR) is 87.1 cm³/mol. The summed E-state index contributed by atoms with van der Waals surface area (Å²) in [4.78, 5) is 0. The van der Waals surface area contributed by atoms with Crippen LogP contribution in [0.3, 0.4) is 0 Å². The van der Waals surface area contributed by atoms with Gasteiger partial charge < -0.3 is 10.1 Å². The van der Waals surface area contributed by atoms with Gasteiger partial charge in [-0.15, -0.1) is 0 Å². The maximum Gasteiger partial charge on any atom is 0.119 e. The zero-order valence-electron chi connectivity index (χ0n) is 13.1. The average molecular weight is 281 g/mol. The summed E-state index contributed by atoms with van der Waals surface area (Å²) in [6.45, 7) is 5.46. The van der Waals surface area contributed by atoms with Gasteiger partial charge in [-0.1, -0.05) is 24.3 Å². The van der Waals surface area contributed by atoms with Crippen LogP contribution in [0.15, 0.2) is 36.4 Å². The number of benzene rings is 2. The highest BCUT2D eigenvalue weighted by molar-refractivity contribution is 5.42. The molecule has 21 heavy (non-hydrogen) atoms. The largest absolute Gasteiger partial charge is 0.497 e. The Balaban J connectivity index is 1.95. The highest BCUT2D eigenvalue weighted by atomic mass is 16.5. The molecule has 0 saturated carbocycles. The number of aryl methyl sites for hydroxylation is 2. The van der Waals surface area contributed by atoms with Gasteiger partial charge in [0.2, 0.25) is 0 Å². The van der Waals surface area contributed by atoms with E-state index in [1.807, 2.05) is 0 Å². The molecule has 0 fully saturated rings. The number of fused-ring (bicyclic) bond motifs is 1. The van der Waals surface area contributed by atoms with Crippen molar-refractivity contribution in [3.63, 3.8) is 0 Å². The van der Waals surface area contributed by atoms with E-state index in [1.165, 1.54) is 27.8 Å². The Hall–Kier alpha value is -1.80. The Labute approximate surface area is 127 Å². The fraction of sp³-hybridized carbons (Fsp3) is 0.368. The summed E-state index contributed by atoms with van der Waals surface area (Å²) in [6.07, 6.45) is 2.14. The van der Waals surface area contributed by atoms with Crippen molar-refractivity contribution in [2.45, 2.75) is 32.7 Å². The maximum absolute atomic E-state index is 5.40. The van der Waals surface area contributed by atoms with Crippen LogP contribution < -0.4 is 10.1 Å². The lowest BCUT2D eigenvalue weighted by atomic mass is 9.87. The summed E-state index contributed by atoms with van der Waals surface area (Å²) >= 11 is 0. The second-order valence-electron chi connectivity index (χ2n) is 5.90. The first kappa shape index (κ1) is 14.2. The summed E-state index contributed by atoms with van der Waals surface area (Å²) in [7, 11) is 1.73. The Bertz CT molecular complexity index is 628. The predicted octanol–water partition coefficient (Wildman–Crippen LogP) is 3.74. The van der Waals surface area contributed by atoms with E-state index in [1.54, 1.807) is 7.11 Å². The smallest absolute Gasteiger partial charge is 0.119 e. The molecule has 3 rings (SSSR count).